The molecule has 0 fully saturated rings. The van der Waals surface area contributed by atoms with Crippen LogP contribution in [-0.4, -0.2) is 83.6 Å². The van der Waals surface area contributed by atoms with Crippen LogP contribution in [0.2, 0.25) is 0 Å². The van der Waals surface area contributed by atoms with Gasteiger partial charge >= 0.3 is 17.9 Å². The van der Waals surface area contributed by atoms with Gasteiger partial charge in [0.1, 0.15) is 11.8 Å². The topological polar surface area (TPSA) is 196 Å². The van der Waals surface area contributed by atoms with E-state index in [1.165, 1.54) is 20.8 Å². The molecule has 1 aromatic rings. The van der Waals surface area contributed by atoms with Crippen LogP contribution >= 0.6 is 0 Å². The molecule has 2 aliphatic carbocycles. The number of unbranched alkanes of at least 4 members (excludes halogenated alkanes) is 1. The molecule has 13 heteroatoms. The van der Waals surface area contributed by atoms with Gasteiger partial charge in [-0.25, -0.2) is 14.4 Å². The zero-order valence-corrected chi connectivity index (χ0v) is 25.8. The van der Waals surface area contributed by atoms with Gasteiger partial charge in [0.15, 0.2) is 29.8 Å². The van der Waals surface area contributed by atoms with Gasteiger partial charge in [0, 0.05) is 24.9 Å². The Bertz CT molecular complexity index is 1330. The summed E-state index contributed by atoms with van der Waals surface area (Å²) in [6.45, 7) is 6.23. The molecule has 0 saturated heterocycles. The molecule has 242 valence electrons. The number of carbonyl (C=O) groups is 4. The molecule has 13 nitrogen and oxygen atoms in total. The van der Waals surface area contributed by atoms with Gasteiger partial charge < -0.3 is 45.5 Å². The highest BCUT2D eigenvalue weighted by Gasteiger charge is 2.69. The summed E-state index contributed by atoms with van der Waals surface area (Å²) in [4.78, 5) is 50.1. The third-order valence-corrected chi connectivity index (χ3v) is 8.98. The van der Waals surface area contributed by atoms with Crippen molar-refractivity contribution in [2.75, 3.05) is 13.6 Å². The zero-order valence-electron chi connectivity index (χ0n) is 25.8. The van der Waals surface area contributed by atoms with Crippen LogP contribution in [0.5, 0.6) is 11.5 Å². The van der Waals surface area contributed by atoms with Crippen LogP contribution in [0.15, 0.2) is 24.0 Å². The fraction of sp³-hybridized carbons (Fsp3) is 0.613. The highest BCUT2D eigenvalue weighted by atomic mass is 16.6. The van der Waals surface area contributed by atoms with Crippen LogP contribution in [-0.2, 0) is 45.2 Å². The van der Waals surface area contributed by atoms with E-state index in [1.54, 1.807) is 19.2 Å². The Balaban J connectivity index is 1.45. The first kappa shape index (κ1) is 33.2. The fourth-order valence-electron chi connectivity index (χ4n) is 6.79. The standard InChI is InChI=1S/C31H43N3O10/c1-6-30-24-19-10-11-21(36)25(24)44-26(30)22(12-13-31(30,40)23(15-19)33-5)43-28(38)17(3)41-27(37)16(2)42-29(39)20(34-18(4)35)9-7-8-14-32/h10-12,16-17,20,23,26,33,36,40H,6-9,13-15,32H2,1-5H3,(H,34,35)/t16-,17-,20-,23+,26-,30-,31+/m0/s1. The SMILES string of the molecule is CC[C@]12c3c4ccc(O)c3O[C@H]1C(OC(=O)[C@H](C)OC(=O)[C@H](C)OC(=O)[C@H](CCCCN)NC(C)=O)=CC[C@@]2(O)[C@H](NC)C4. The molecule has 7 atom stereocenters. The van der Waals surface area contributed by atoms with Crippen molar-refractivity contribution in [2.24, 2.45) is 5.73 Å². The van der Waals surface area contributed by atoms with Crippen molar-refractivity contribution in [3.63, 3.8) is 0 Å². The Morgan fingerprint density at radius 3 is 2.43 bits per heavy atom. The van der Waals surface area contributed by atoms with E-state index in [1.807, 2.05) is 13.0 Å². The predicted octanol–water partition coefficient (Wildman–Crippen LogP) is 1.00. The van der Waals surface area contributed by atoms with Crippen molar-refractivity contribution >= 4 is 23.8 Å². The molecule has 3 aliphatic rings. The Hall–Kier alpha value is -3.68. The number of aromatic hydroxyl groups is 1. The minimum atomic E-state index is -1.39. The number of ether oxygens (including phenoxy) is 4. The number of likely N-dealkylation sites (N-methyl/N-ethyl adjacent to an activating group) is 1. The maximum absolute atomic E-state index is 13.2. The van der Waals surface area contributed by atoms with Crippen molar-refractivity contribution < 1.29 is 48.3 Å². The number of hydrogen-bond acceptors (Lipinski definition) is 12. The summed E-state index contributed by atoms with van der Waals surface area (Å²) in [7, 11) is 1.78. The number of phenols is 1. The molecule has 0 radical (unpaired) electrons. The molecule has 0 saturated carbocycles. The highest BCUT2D eigenvalue weighted by Crippen LogP contribution is 2.63. The van der Waals surface area contributed by atoms with E-state index in [4.69, 9.17) is 24.7 Å². The van der Waals surface area contributed by atoms with Crippen molar-refractivity contribution in [3.8, 4) is 11.5 Å². The van der Waals surface area contributed by atoms with E-state index in [0.717, 1.165) is 5.56 Å². The minimum absolute atomic E-state index is 0.0761. The molecular formula is C31H43N3O10. The van der Waals surface area contributed by atoms with E-state index in [0.29, 0.717) is 37.8 Å². The van der Waals surface area contributed by atoms with Gasteiger partial charge in [-0.2, -0.15) is 0 Å². The minimum Gasteiger partial charge on any atom is -0.504 e. The lowest BCUT2D eigenvalue weighted by Gasteiger charge is -2.56. The third kappa shape index (κ3) is 5.75. The van der Waals surface area contributed by atoms with Crippen molar-refractivity contribution in [1.82, 2.24) is 10.6 Å². The third-order valence-electron chi connectivity index (χ3n) is 8.98. The summed E-state index contributed by atoms with van der Waals surface area (Å²) in [5, 5.41) is 28.6. The number of hydrogen-bond donors (Lipinski definition) is 5. The second-order valence-corrected chi connectivity index (χ2v) is 11.7. The van der Waals surface area contributed by atoms with E-state index in [9.17, 15) is 29.4 Å². The van der Waals surface area contributed by atoms with Crippen LogP contribution in [0, 0.1) is 0 Å². The fourth-order valence-corrected chi connectivity index (χ4v) is 6.79. The molecule has 4 rings (SSSR count). The second kappa shape index (κ2) is 13.1. The molecule has 6 N–H and O–H groups in total. The summed E-state index contributed by atoms with van der Waals surface area (Å²) in [5.74, 6) is -2.81. The number of nitrogens with one attached hydrogen (secondary N) is 2. The average molecular weight is 618 g/mol. The maximum Gasteiger partial charge on any atom is 0.352 e. The quantitative estimate of drug-likeness (QED) is 0.120. The number of amides is 1. The number of aliphatic hydroxyl groups is 1. The molecule has 1 aromatic carbocycles. The molecule has 0 bridgehead atoms. The first-order valence-corrected chi connectivity index (χ1v) is 15.1. The maximum atomic E-state index is 13.2. The smallest absolute Gasteiger partial charge is 0.352 e. The summed E-state index contributed by atoms with van der Waals surface area (Å²) in [6, 6.07) is 2.08. The van der Waals surface area contributed by atoms with Crippen LogP contribution in [0.1, 0.15) is 70.9 Å². The molecule has 44 heavy (non-hydrogen) atoms. The Labute approximate surface area is 256 Å². The summed E-state index contributed by atoms with van der Waals surface area (Å²) < 4.78 is 22.5. The predicted molar refractivity (Wildman–Crippen MR) is 156 cm³/mol. The number of nitrogens with two attached hydrogens (primary N) is 1. The van der Waals surface area contributed by atoms with Crippen LogP contribution in [0.25, 0.3) is 0 Å². The van der Waals surface area contributed by atoms with Gasteiger partial charge in [-0.3, -0.25) is 4.79 Å². The van der Waals surface area contributed by atoms with Gasteiger partial charge in [0.05, 0.1) is 11.0 Å². The van der Waals surface area contributed by atoms with Gasteiger partial charge in [-0.05, 0) is 77.2 Å². The Morgan fingerprint density at radius 2 is 1.80 bits per heavy atom. The summed E-state index contributed by atoms with van der Waals surface area (Å²) >= 11 is 0. The van der Waals surface area contributed by atoms with Crippen LogP contribution in [0.3, 0.4) is 0 Å². The lowest BCUT2D eigenvalue weighted by Crippen LogP contribution is -2.70. The number of esters is 3. The van der Waals surface area contributed by atoms with Gasteiger partial charge in [0.25, 0.3) is 0 Å². The van der Waals surface area contributed by atoms with E-state index >= 15 is 0 Å². The second-order valence-electron chi connectivity index (χ2n) is 11.7. The van der Waals surface area contributed by atoms with Crippen molar-refractivity contribution in [3.05, 3.63) is 35.1 Å². The normalized spacial score (nSPS) is 26.7. The lowest BCUT2D eigenvalue weighted by atomic mass is 9.52. The zero-order chi connectivity index (χ0) is 32.4. The number of phenolic OH excluding ortho intramolecular Hbond substituents is 1. The van der Waals surface area contributed by atoms with Gasteiger partial charge in [0.2, 0.25) is 5.91 Å². The summed E-state index contributed by atoms with van der Waals surface area (Å²) in [5.41, 5.74) is 4.80. The van der Waals surface area contributed by atoms with E-state index < -0.39 is 59.2 Å². The Kier molecular flexibility index (Phi) is 9.91. The molecular weight excluding hydrogens is 574 g/mol. The summed E-state index contributed by atoms with van der Waals surface area (Å²) in [6.07, 6.45) is 0.490. The van der Waals surface area contributed by atoms with Crippen LogP contribution in [0.4, 0.5) is 0 Å². The Morgan fingerprint density at radius 1 is 1.11 bits per heavy atom. The molecule has 1 amide bonds. The molecule has 1 aliphatic heterocycles. The number of carbonyl (C=O) groups excluding carboxylic acids is 4. The van der Waals surface area contributed by atoms with Gasteiger partial charge in [-0.1, -0.05) is 13.0 Å². The molecule has 0 unspecified atom stereocenters. The van der Waals surface area contributed by atoms with E-state index in [2.05, 4.69) is 10.6 Å². The van der Waals surface area contributed by atoms with Gasteiger partial charge in [-0.15, -0.1) is 0 Å². The first-order chi connectivity index (χ1) is 20.8. The molecule has 1 heterocycles. The van der Waals surface area contributed by atoms with Crippen molar-refractivity contribution in [1.29, 1.82) is 0 Å². The van der Waals surface area contributed by atoms with Crippen molar-refractivity contribution in [2.45, 2.75) is 108 Å². The highest BCUT2D eigenvalue weighted by molar-refractivity contribution is 5.86. The molecule has 0 spiro atoms. The van der Waals surface area contributed by atoms with Crippen LogP contribution < -0.4 is 21.1 Å². The number of benzene rings is 1. The molecule has 0 aromatic heterocycles. The number of rotatable bonds is 13. The largest absolute Gasteiger partial charge is 0.504 e. The first-order valence-electron chi connectivity index (χ1n) is 15.1. The average Bonchev–Trinajstić information content (AvgIpc) is 3.36. The van der Waals surface area contributed by atoms with E-state index in [-0.39, 0.29) is 36.1 Å². The monoisotopic (exact) mass is 617 g/mol. The lowest BCUT2D eigenvalue weighted by molar-refractivity contribution is -0.177.